The monoisotopic (exact) mass is 291 g/mol. The average molecular weight is 291 g/mol. The lowest BCUT2D eigenvalue weighted by molar-refractivity contribution is -0.137. The van der Waals surface area contributed by atoms with E-state index in [4.69, 9.17) is 5.11 Å². The Morgan fingerprint density at radius 2 is 1.81 bits per heavy atom. The van der Waals surface area contributed by atoms with Crippen molar-refractivity contribution in [2.75, 3.05) is 0 Å². The zero-order chi connectivity index (χ0) is 15.4. The Bertz CT molecular complexity index is 465. The van der Waals surface area contributed by atoms with Crippen LogP contribution in [-0.2, 0) is 4.79 Å². The molecule has 1 aliphatic rings. The van der Waals surface area contributed by atoms with E-state index >= 15 is 0 Å². The maximum absolute atomic E-state index is 10.8. The van der Waals surface area contributed by atoms with Gasteiger partial charge in [0.05, 0.1) is 6.10 Å². The second-order valence-corrected chi connectivity index (χ2v) is 6.25. The van der Waals surface area contributed by atoms with E-state index < -0.39 is 12.1 Å². The summed E-state index contributed by atoms with van der Waals surface area (Å²) >= 11 is 0. The summed E-state index contributed by atoms with van der Waals surface area (Å²) < 4.78 is 0. The minimum atomic E-state index is -0.819. The molecule has 2 rings (SSSR count). The molecule has 1 fully saturated rings. The fraction of sp³-hybridized carbons (Fsp3) is 0.588. The third-order valence-corrected chi connectivity index (χ3v) is 4.02. The summed E-state index contributed by atoms with van der Waals surface area (Å²) in [5, 5.41) is 22.8. The summed E-state index contributed by atoms with van der Waals surface area (Å²) in [7, 11) is 0. The smallest absolute Gasteiger partial charge is 0.303 e. The molecular weight excluding hydrogens is 266 g/mol. The van der Waals surface area contributed by atoms with Crippen LogP contribution in [0.3, 0.4) is 0 Å². The van der Waals surface area contributed by atoms with Crippen molar-refractivity contribution in [3.05, 3.63) is 35.4 Å². The van der Waals surface area contributed by atoms with E-state index in [0.717, 1.165) is 18.4 Å². The number of rotatable bonds is 8. The first-order chi connectivity index (χ1) is 9.97. The zero-order valence-corrected chi connectivity index (χ0v) is 12.7. The Kier molecular flexibility index (Phi) is 5.37. The molecule has 0 heterocycles. The average Bonchev–Trinajstić information content (AvgIpc) is 3.26. The molecule has 4 nitrogen and oxygen atoms in total. The highest BCUT2D eigenvalue weighted by molar-refractivity contribution is 5.66. The number of aliphatic carboxylic acids is 1. The van der Waals surface area contributed by atoms with Gasteiger partial charge < -0.3 is 15.5 Å². The Labute approximate surface area is 126 Å². The van der Waals surface area contributed by atoms with Gasteiger partial charge in [-0.15, -0.1) is 0 Å². The summed E-state index contributed by atoms with van der Waals surface area (Å²) in [4.78, 5) is 10.8. The second kappa shape index (κ2) is 7.05. The van der Waals surface area contributed by atoms with Crippen molar-refractivity contribution in [3.63, 3.8) is 0 Å². The van der Waals surface area contributed by atoms with Crippen molar-refractivity contribution in [2.24, 2.45) is 0 Å². The lowest BCUT2D eigenvalue weighted by Gasteiger charge is -2.24. The van der Waals surface area contributed by atoms with E-state index in [1.165, 1.54) is 5.56 Å². The number of aliphatic hydroxyl groups is 1. The minimum Gasteiger partial charge on any atom is -0.481 e. The summed E-state index contributed by atoms with van der Waals surface area (Å²) in [6.45, 7) is 4.27. The molecule has 0 aliphatic heterocycles. The molecule has 0 amide bonds. The van der Waals surface area contributed by atoms with Crippen LogP contribution >= 0.6 is 0 Å². The lowest BCUT2D eigenvalue weighted by atomic mass is 9.95. The molecule has 0 spiro atoms. The first-order valence-electron chi connectivity index (χ1n) is 7.73. The van der Waals surface area contributed by atoms with E-state index in [2.05, 4.69) is 19.2 Å². The van der Waals surface area contributed by atoms with Crippen LogP contribution in [0.2, 0.25) is 0 Å². The summed E-state index contributed by atoms with van der Waals surface area (Å²) in [5.74, 6) is -0.358. The van der Waals surface area contributed by atoms with E-state index in [1.807, 2.05) is 24.3 Å². The maximum atomic E-state index is 10.8. The topological polar surface area (TPSA) is 69.6 Å². The first kappa shape index (κ1) is 16.0. The van der Waals surface area contributed by atoms with Crippen molar-refractivity contribution in [1.29, 1.82) is 0 Å². The van der Waals surface area contributed by atoms with Gasteiger partial charge >= 0.3 is 5.97 Å². The molecule has 0 aromatic heterocycles. The molecule has 0 saturated heterocycles. The van der Waals surface area contributed by atoms with Crippen molar-refractivity contribution in [3.8, 4) is 0 Å². The Morgan fingerprint density at radius 1 is 1.24 bits per heavy atom. The van der Waals surface area contributed by atoms with Gasteiger partial charge in [-0.3, -0.25) is 4.79 Å². The minimum absolute atomic E-state index is 0.0749. The van der Waals surface area contributed by atoms with Gasteiger partial charge in [0.2, 0.25) is 0 Å². The van der Waals surface area contributed by atoms with E-state index in [0.29, 0.717) is 18.4 Å². The highest BCUT2D eigenvalue weighted by Crippen LogP contribution is 2.27. The number of carbonyl (C=O) groups is 1. The first-order valence-corrected chi connectivity index (χ1v) is 7.73. The Hall–Kier alpha value is -1.39. The highest BCUT2D eigenvalue weighted by atomic mass is 16.4. The summed E-state index contributed by atoms with van der Waals surface area (Å²) in [6.07, 6.45) is 2.08. The number of carboxylic acids is 1. The molecule has 3 N–H and O–H groups in total. The Balaban J connectivity index is 2.04. The van der Waals surface area contributed by atoms with Gasteiger partial charge in [-0.2, -0.15) is 0 Å². The van der Waals surface area contributed by atoms with Gasteiger partial charge in [0, 0.05) is 18.5 Å². The van der Waals surface area contributed by atoms with Crippen molar-refractivity contribution >= 4 is 5.97 Å². The maximum Gasteiger partial charge on any atom is 0.303 e. The number of benzene rings is 1. The van der Waals surface area contributed by atoms with Gasteiger partial charge in [0.1, 0.15) is 0 Å². The molecule has 1 saturated carbocycles. The molecule has 1 aromatic carbocycles. The van der Waals surface area contributed by atoms with Gasteiger partial charge in [-0.1, -0.05) is 38.1 Å². The summed E-state index contributed by atoms with van der Waals surface area (Å²) in [5.41, 5.74) is 2.09. The number of nitrogens with one attached hydrogen (secondary N) is 1. The fourth-order valence-electron chi connectivity index (χ4n) is 2.47. The van der Waals surface area contributed by atoms with Crippen LogP contribution in [-0.4, -0.2) is 28.3 Å². The molecule has 1 aliphatic carbocycles. The molecule has 2 atom stereocenters. The lowest BCUT2D eigenvalue weighted by Crippen LogP contribution is -2.37. The molecule has 4 heteroatoms. The van der Waals surface area contributed by atoms with Crippen LogP contribution in [0.15, 0.2) is 24.3 Å². The van der Waals surface area contributed by atoms with Gasteiger partial charge in [-0.05, 0) is 36.3 Å². The predicted molar refractivity (Wildman–Crippen MR) is 82.3 cm³/mol. The van der Waals surface area contributed by atoms with Crippen LogP contribution in [0, 0.1) is 0 Å². The van der Waals surface area contributed by atoms with Crippen molar-refractivity contribution in [2.45, 2.75) is 63.6 Å². The third kappa shape index (κ3) is 4.83. The third-order valence-electron chi connectivity index (χ3n) is 4.02. The van der Waals surface area contributed by atoms with E-state index in [-0.39, 0.29) is 12.5 Å². The zero-order valence-electron chi connectivity index (χ0n) is 12.7. The van der Waals surface area contributed by atoms with E-state index in [1.54, 1.807) is 0 Å². The van der Waals surface area contributed by atoms with Crippen molar-refractivity contribution in [1.82, 2.24) is 5.32 Å². The second-order valence-electron chi connectivity index (χ2n) is 6.25. The van der Waals surface area contributed by atoms with Crippen LogP contribution in [0.1, 0.15) is 62.7 Å². The standard InChI is InChI=1S/C17H25NO3/c1-11(2)12-3-5-13(6-4-12)17(21)15(9-10-16(19)20)18-14-7-8-14/h3-6,11,14-15,17-18,21H,7-10H2,1-2H3,(H,19,20). The molecule has 0 bridgehead atoms. The Morgan fingerprint density at radius 3 is 2.29 bits per heavy atom. The SMILES string of the molecule is CC(C)c1ccc(C(O)C(CCC(=O)O)NC2CC2)cc1. The molecule has 2 unspecified atom stereocenters. The molecule has 21 heavy (non-hydrogen) atoms. The molecule has 1 aromatic rings. The predicted octanol–water partition coefficient (Wildman–Crippen LogP) is 2.83. The number of carboxylic acid groups (broad SMARTS) is 1. The largest absolute Gasteiger partial charge is 0.481 e. The normalized spacial score (nSPS) is 17.7. The van der Waals surface area contributed by atoms with Crippen LogP contribution in [0.4, 0.5) is 0 Å². The number of hydrogen-bond donors (Lipinski definition) is 3. The molecule has 0 radical (unpaired) electrons. The fourth-order valence-corrected chi connectivity index (χ4v) is 2.47. The quantitative estimate of drug-likeness (QED) is 0.689. The van der Waals surface area contributed by atoms with E-state index in [9.17, 15) is 9.90 Å². The van der Waals surface area contributed by atoms with Gasteiger partial charge in [-0.25, -0.2) is 0 Å². The van der Waals surface area contributed by atoms with Crippen LogP contribution in [0.25, 0.3) is 0 Å². The van der Waals surface area contributed by atoms with Crippen LogP contribution in [0.5, 0.6) is 0 Å². The number of hydrogen-bond acceptors (Lipinski definition) is 3. The van der Waals surface area contributed by atoms with Crippen molar-refractivity contribution < 1.29 is 15.0 Å². The molecule has 116 valence electrons. The van der Waals surface area contributed by atoms with Gasteiger partial charge in [0.15, 0.2) is 0 Å². The highest BCUT2D eigenvalue weighted by Gasteiger charge is 2.29. The number of aliphatic hydroxyl groups excluding tert-OH is 1. The van der Waals surface area contributed by atoms with Gasteiger partial charge in [0.25, 0.3) is 0 Å². The van der Waals surface area contributed by atoms with Crippen LogP contribution < -0.4 is 5.32 Å². The summed E-state index contributed by atoms with van der Waals surface area (Å²) in [6, 6.07) is 8.21. The molecular formula is C17H25NO3.